The first kappa shape index (κ1) is 13.0. The van der Waals surface area contributed by atoms with Gasteiger partial charge >= 0.3 is 0 Å². The lowest BCUT2D eigenvalue weighted by atomic mass is 10.0. The summed E-state index contributed by atoms with van der Waals surface area (Å²) in [5.41, 5.74) is 3.46. The van der Waals surface area contributed by atoms with Crippen molar-refractivity contribution in [2.24, 2.45) is 0 Å². The van der Waals surface area contributed by atoms with E-state index in [-0.39, 0.29) is 0 Å². The second kappa shape index (κ2) is 4.58. The van der Waals surface area contributed by atoms with Crippen molar-refractivity contribution in [2.75, 3.05) is 0 Å². The Labute approximate surface area is 143 Å². The molecule has 3 aromatic heterocycles. The standard InChI is InChI=1S/C23H14N2/c1-2-7-16-13-20-19(12-15(16)6-1)22-21(10-5-11-24-22)25-14-17-8-3-4-9-18(17)23(20)25/h1-14H. The third-order valence-corrected chi connectivity index (χ3v) is 5.17. The SMILES string of the molecule is c1ccc2cc3c(cc2c1)c1ncccc1n1cc2ccccc2c31. The molecule has 0 radical (unpaired) electrons. The number of fused-ring (bicyclic) bond motifs is 9. The highest BCUT2D eigenvalue weighted by atomic mass is 14.9. The Balaban J connectivity index is 2.03. The fourth-order valence-electron chi connectivity index (χ4n) is 4.05. The zero-order chi connectivity index (χ0) is 16.4. The summed E-state index contributed by atoms with van der Waals surface area (Å²) in [5.74, 6) is 0. The summed E-state index contributed by atoms with van der Waals surface area (Å²) in [6.45, 7) is 0. The monoisotopic (exact) mass is 318 g/mol. The van der Waals surface area contributed by atoms with Gasteiger partial charge in [0.05, 0.1) is 16.6 Å². The topological polar surface area (TPSA) is 17.3 Å². The summed E-state index contributed by atoms with van der Waals surface area (Å²) in [7, 11) is 0. The van der Waals surface area contributed by atoms with E-state index in [0.717, 1.165) is 11.0 Å². The molecule has 0 saturated heterocycles. The van der Waals surface area contributed by atoms with Gasteiger partial charge in [-0.05, 0) is 35.0 Å². The first-order valence-electron chi connectivity index (χ1n) is 8.49. The number of rotatable bonds is 0. The van der Waals surface area contributed by atoms with Crippen LogP contribution in [-0.2, 0) is 0 Å². The number of pyridine rings is 2. The van der Waals surface area contributed by atoms with E-state index in [1.165, 1.54) is 37.8 Å². The predicted octanol–water partition coefficient (Wildman–Crippen LogP) is 5.95. The average Bonchev–Trinajstić information content (AvgIpc) is 3.07. The lowest BCUT2D eigenvalue weighted by Crippen LogP contribution is -1.91. The van der Waals surface area contributed by atoms with Gasteiger partial charge in [-0.15, -0.1) is 0 Å². The summed E-state index contributed by atoms with van der Waals surface area (Å²) >= 11 is 0. The predicted molar refractivity (Wildman–Crippen MR) is 105 cm³/mol. The zero-order valence-electron chi connectivity index (χ0n) is 13.5. The van der Waals surface area contributed by atoms with E-state index in [4.69, 9.17) is 4.98 Å². The number of hydrogen-bond acceptors (Lipinski definition) is 1. The molecule has 0 spiro atoms. The Kier molecular flexibility index (Phi) is 2.37. The molecule has 3 heterocycles. The van der Waals surface area contributed by atoms with Crippen LogP contribution in [0.5, 0.6) is 0 Å². The van der Waals surface area contributed by atoms with Gasteiger partial charge in [0.25, 0.3) is 0 Å². The largest absolute Gasteiger partial charge is 0.313 e. The minimum atomic E-state index is 1.05. The van der Waals surface area contributed by atoms with Crippen molar-refractivity contribution in [1.82, 2.24) is 9.38 Å². The molecule has 6 aromatic rings. The van der Waals surface area contributed by atoms with E-state index in [9.17, 15) is 0 Å². The summed E-state index contributed by atoms with van der Waals surface area (Å²) in [6, 6.07) is 25.9. The Hall–Kier alpha value is -3.39. The number of nitrogens with zero attached hydrogens (tertiary/aromatic N) is 2. The Bertz CT molecular complexity index is 1440. The maximum absolute atomic E-state index is 4.72. The van der Waals surface area contributed by atoms with Gasteiger partial charge in [-0.25, -0.2) is 0 Å². The van der Waals surface area contributed by atoms with Gasteiger partial charge in [-0.2, -0.15) is 0 Å². The molecule has 0 fully saturated rings. The van der Waals surface area contributed by atoms with Crippen LogP contribution in [0.25, 0.3) is 48.9 Å². The molecule has 0 aliphatic carbocycles. The van der Waals surface area contributed by atoms with Crippen molar-refractivity contribution < 1.29 is 0 Å². The van der Waals surface area contributed by atoms with Crippen molar-refractivity contribution in [3.05, 3.63) is 85.2 Å². The van der Waals surface area contributed by atoms with Crippen molar-refractivity contribution in [2.45, 2.75) is 0 Å². The molecule has 0 aliphatic heterocycles. The van der Waals surface area contributed by atoms with Crippen LogP contribution >= 0.6 is 0 Å². The average molecular weight is 318 g/mol. The number of aromatic nitrogens is 2. The molecule has 116 valence electrons. The minimum Gasteiger partial charge on any atom is -0.313 e. The summed E-state index contributed by atoms with van der Waals surface area (Å²) in [6.07, 6.45) is 4.11. The van der Waals surface area contributed by atoms with Crippen molar-refractivity contribution >= 4 is 48.9 Å². The van der Waals surface area contributed by atoms with E-state index >= 15 is 0 Å². The Morgan fingerprint density at radius 1 is 0.640 bits per heavy atom. The van der Waals surface area contributed by atoms with Crippen LogP contribution in [0.3, 0.4) is 0 Å². The van der Waals surface area contributed by atoms with Gasteiger partial charge < -0.3 is 4.40 Å². The third kappa shape index (κ3) is 1.66. The van der Waals surface area contributed by atoms with Gasteiger partial charge in [0.2, 0.25) is 0 Å². The molecule has 0 aliphatic rings. The smallest absolute Gasteiger partial charge is 0.0949 e. The lowest BCUT2D eigenvalue weighted by molar-refractivity contribution is 1.27. The molecule has 0 atom stereocenters. The molecule has 0 N–H and O–H groups in total. The molecule has 6 rings (SSSR count). The van der Waals surface area contributed by atoms with Crippen LogP contribution in [0.2, 0.25) is 0 Å². The normalized spacial score (nSPS) is 12.0. The van der Waals surface area contributed by atoms with Gasteiger partial charge in [-0.3, -0.25) is 4.98 Å². The molecule has 3 aromatic carbocycles. The zero-order valence-corrected chi connectivity index (χ0v) is 13.5. The van der Waals surface area contributed by atoms with E-state index in [0.29, 0.717) is 0 Å². The molecular weight excluding hydrogens is 304 g/mol. The van der Waals surface area contributed by atoms with Gasteiger partial charge in [0.1, 0.15) is 0 Å². The van der Waals surface area contributed by atoms with Crippen LogP contribution in [0.4, 0.5) is 0 Å². The Morgan fingerprint density at radius 2 is 1.36 bits per heavy atom. The summed E-state index contributed by atoms with van der Waals surface area (Å²) < 4.78 is 2.30. The maximum atomic E-state index is 4.72. The molecule has 0 amide bonds. The molecular formula is C23H14N2. The van der Waals surface area contributed by atoms with Gasteiger partial charge in [0.15, 0.2) is 0 Å². The molecule has 2 nitrogen and oxygen atoms in total. The fraction of sp³-hybridized carbons (Fsp3) is 0. The first-order valence-corrected chi connectivity index (χ1v) is 8.49. The van der Waals surface area contributed by atoms with Crippen molar-refractivity contribution in [3.63, 3.8) is 0 Å². The molecule has 0 saturated carbocycles. The fourth-order valence-corrected chi connectivity index (χ4v) is 4.05. The van der Waals surface area contributed by atoms with Crippen molar-refractivity contribution in [3.8, 4) is 0 Å². The molecule has 2 heteroatoms. The quantitative estimate of drug-likeness (QED) is 0.250. The molecule has 0 bridgehead atoms. The van der Waals surface area contributed by atoms with Gasteiger partial charge in [0, 0.05) is 33.9 Å². The van der Waals surface area contributed by atoms with Crippen molar-refractivity contribution in [1.29, 1.82) is 0 Å². The second-order valence-corrected chi connectivity index (χ2v) is 6.55. The van der Waals surface area contributed by atoms with Gasteiger partial charge in [-0.1, -0.05) is 48.5 Å². The highest BCUT2D eigenvalue weighted by molar-refractivity contribution is 6.21. The summed E-state index contributed by atoms with van der Waals surface area (Å²) in [4.78, 5) is 4.72. The number of hydrogen-bond donors (Lipinski definition) is 0. The lowest BCUT2D eigenvalue weighted by Gasteiger charge is -2.10. The summed E-state index contributed by atoms with van der Waals surface area (Å²) in [5, 5.41) is 7.53. The van der Waals surface area contributed by atoms with Crippen LogP contribution < -0.4 is 0 Å². The molecule has 25 heavy (non-hydrogen) atoms. The highest BCUT2D eigenvalue weighted by Gasteiger charge is 2.13. The third-order valence-electron chi connectivity index (χ3n) is 5.17. The van der Waals surface area contributed by atoms with Crippen LogP contribution in [-0.4, -0.2) is 9.38 Å². The van der Waals surface area contributed by atoms with E-state index in [2.05, 4.69) is 77.3 Å². The second-order valence-electron chi connectivity index (χ2n) is 6.55. The number of benzene rings is 3. The van der Waals surface area contributed by atoms with E-state index < -0.39 is 0 Å². The first-order chi connectivity index (χ1) is 12.4. The van der Waals surface area contributed by atoms with Crippen LogP contribution in [0, 0.1) is 0 Å². The molecule has 0 unspecified atom stereocenters. The van der Waals surface area contributed by atoms with E-state index in [1.807, 2.05) is 12.3 Å². The highest BCUT2D eigenvalue weighted by Crippen LogP contribution is 2.36. The van der Waals surface area contributed by atoms with E-state index in [1.54, 1.807) is 0 Å². The van der Waals surface area contributed by atoms with Crippen LogP contribution in [0.1, 0.15) is 0 Å². The van der Waals surface area contributed by atoms with Crippen LogP contribution in [0.15, 0.2) is 85.2 Å². The maximum Gasteiger partial charge on any atom is 0.0949 e. The Morgan fingerprint density at radius 3 is 2.20 bits per heavy atom. The minimum absolute atomic E-state index is 1.05.